The van der Waals surface area contributed by atoms with Gasteiger partial charge in [0, 0.05) is 22.8 Å². The zero-order valence-corrected chi connectivity index (χ0v) is 20.9. The molecule has 0 heterocycles. The van der Waals surface area contributed by atoms with Crippen LogP contribution in [0.15, 0.2) is 36.4 Å². The van der Waals surface area contributed by atoms with Gasteiger partial charge in [-0.25, -0.2) is 9.59 Å². The number of hydrogen-bond acceptors (Lipinski definition) is 5. The number of esters is 2. The Morgan fingerprint density at radius 1 is 1.12 bits per heavy atom. The minimum atomic E-state index is -0.627. The summed E-state index contributed by atoms with van der Waals surface area (Å²) in [5, 5.41) is 9.35. The molecule has 1 N–H and O–H groups in total. The molecular weight excluding hydrogens is 416 g/mol. The first-order valence-corrected chi connectivity index (χ1v) is 12.2. The predicted octanol–water partition coefficient (Wildman–Crippen LogP) is 5.27. The van der Waals surface area contributed by atoms with Gasteiger partial charge in [0.2, 0.25) is 0 Å². The van der Waals surface area contributed by atoms with Crippen LogP contribution >= 0.6 is 0 Å². The fourth-order valence-electron chi connectivity index (χ4n) is 6.12. The van der Waals surface area contributed by atoms with Crippen molar-refractivity contribution in [2.24, 2.45) is 34.5 Å². The fraction of sp³-hybridized carbons (Fsp3) is 0.643. The van der Waals surface area contributed by atoms with Gasteiger partial charge in [0.15, 0.2) is 0 Å². The van der Waals surface area contributed by atoms with Crippen LogP contribution in [0.4, 0.5) is 0 Å². The standard InChI is InChI=1S/C28H40O5/c1-18(2)28(6)16-22(32-24(31)17-29)27(4,5)21-14-12-19(3)25(21)26(28)33-23(30)15-13-20-10-8-7-9-11-20/h7-11,13,15,18-19,21-22,25-26,29H,12,14,16-17H2,1-6H3. The first-order valence-electron chi connectivity index (χ1n) is 12.2. The number of carbonyl (C=O) groups excluding carboxylic acids is 2. The number of aliphatic hydroxyl groups excluding tert-OH is 1. The van der Waals surface area contributed by atoms with Gasteiger partial charge in [0.1, 0.15) is 18.8 Å². The van der Waals surface area contributed by atoms with E-state index < -0.39 is 12.6 Å². The summed E-state index contributed by atoms with van der Waals surface area (Å²) < 4.78 is 12.2. The molecule has 0 bridgehead atoms. The second-order valence-electron chi connectivity index (χ2n) is 11.2. The molecule has 5 nitrogen and oxygen atoms in total. The number of carbonyl (C=O) groups is 2. The Bertz CT molecular complexity index is 858. The number of aliphatic hydroxyl groups is 1. The summed E-state index contributed by atoms with van der Waals surface area (Å²) in [5.41, 5.74) is 0.273. The molecule has 0 amide bonds. The van der Waals surface area contributed by atoms with Crippen molar-refractivity contribution in [1.82, 2.24) is 0 Å². The van der Waals surface area contributed by atoms with Crippen molar-refractivity contribution in [2.45, 2.75) is 73.0 Å². The van der Waals surface area contributed by atoms with E-state index in [1.165, 1.54) is 6.08 Å². The summed E-state index contributed by atoms with van der Waals surface area (Å²) in [6.45, 7) is 12.4. The van der Waals surface area contributed by atoms with E-state index in [1.54, 1.807) is 6.08 Å². The number of benzene rings is 1. The van der Waals surface area contributed by atoms with E-state index in [9.17, 15) is 14.7 Å². The van der Waals surface area contributed by atoms with Crippen LogP contribution in [0.1, 0.15) is 66.4 Å². The van der Waals surface area contributed by atoms with E-state index in [1.807, 2.05) is 30.3 Å². The third-order valence-electron chi connectivity index (χ3n) is 8.64. The molecule has 33 heavy (non-hydrogen) atoms. The first-order chi connectivity index (χ1) is 15.5. The molecule has 3 rings (SSSR count). The molecule has 182 valence electrons. The van der Waals surface area contributed by atoms with Crippen molar-refractivity contribution in [3.05, 3.63) is 42.0 Å². The Balaban J connectivity index is 1.98. The molecule has 2 aliphatic carbocycles. The van der Waals surface area contributed by atoms with Crippen LogP contribution in [0.25, 0.3) is 6.08 Å². The number of rotatable bonds is 6. The Hall–Kier alpha value is -2.14. The zero-order valence-electron chi connectivity index (χ0n) is 20.9. The monoisotopic (exact) mass is 456 g/mol. The van der Waals surface area contributed by atoms with Crippen LogP contribution in [0.3, 0.4) is 0 Å². The van der Waals surface area contributed by atoms with Gasteiger partial charge in [-0.3, -0.25) is 0 Å². The minimum Gasteiger partial charge on any atom is -0.460 e. The maximum absolute atomic E-state index is 13.0. The lowest BCUT2D eigenvalue weighted by molar-refractivity contribution is -0.166. The lowest BCUT2D eigenvalue weighted by atomic mass is 9.66. The quantitative estimate of drug-likeness (QED) is 0.466. The van der Waals surface area contributed by atoms with Gasteiger partial charge in [0.25, 0.3) is 0 Å². The average molecular weight is 457 g/mol. The topological polar surface area (TPSA) is 72.8 Å². The normalized spacial score (nSPS) is 33.5. The first kappa shape index (κ1) is 25.5. The molecular formula is C28H40O5. The summed E-state index contributed by atoms with van der Waals surface area (Å²) in [5.74, 6) is 0.0987. The van der Waals surface area contributed by atoms with Crippen LogP contribution in [-0.4, -0.2) is 35.9 Å². The molecule has 2 fully saturated rings. The van der Waals surface area contributed by atoms with Crippen LogP contribution in [0.2, 0.25) is 0 Å². The maximum Gasteiger partial charge on any atom is 0.332 e. The van der Waals surface area contributed by atoms with E-state index >= 15 is 0 Å². The summed E-state index contributed by atoms with van der Waals surface area (Å²) in [6.07, 6.45) is 5.32. The Morgan fingerprint density at radius 2 is 1.79 bits per heavy atom. The third-order valence-corrected chi connectivity index (χ3v) is 8.64. The molecule has 6 atom stereocenters. The molecule has 0 aromatic heterocycles. The Kier molecular flexibility index (Phi) is 7.73. The fourth-order valence-corrected chi connectivity index (χ4v) is 6.12. The second-order valence-corrected chi connectivity index (χ2v) is 11.2. The van der Waals surface area contributed by atoms with Crippen LogP contribution in [0, 0.1) is 34.5 Å². The molecule has 0 spiro atoms. The highest BCUT2D eigenvalue weighted by Crippen LogP contribution is 2.59. The van der Waals surface area contributed by atoms with E-state index in [0.29, 0.717) is 12.3 Å². The van der Waals surface area contributed by atoms with Gasteiger partial charge in [0.05, 0.1) is 0 Å². The number of hydrogen-bond donors (Lipinski definition) is 1. The maximum atomic E-state index is 13.0. The molecule has 0 radical (unpaired) electrons. The Morgan fingerprint density at radius 3 is 2.39 bits per heavy atom. The van der Waals surface area contributed by atoms with Crippen molar-refractivity contribution in [3.8, 4) is 0 Å². The molecule has 0 saturated heterocycles. The smallest absolute Gasteiger partial charge is 0.332 e. The van der Waals surface area contributed by atoms with E-state index in [2.05, 4.69) is 41.5 Å². The van der Waals surface area contributed by atoms with Gasteiger partial charge < -0.3 is 14.6 Å². The SMILES string of the molecule is CC1CCC2C1C(OC(=O)C=Cc1ccccc1)C(C)(C(C)C)CC(OC(=O)CO)C2(C)C. The van der Waals surface area contributed by atoms with Gasteiger partial charge in [-0.1, -0.05) is 71.9 Å². The number of ether oxygens (including phenoxy) is 2. The van der Waals surface area contributed by atoms with Crippen LogP contribution < -0.4 is 0 Å². The van der Waals surface area contributed by atoms with Crippen molar-refractivity contribution >= 4 is 18.0 Å². The second kappa shape index (κ2) is 10.0. The highest BCUT2D eigenvalue weighted by Gasteiger charge is 2.60. The zero-order chi connectivity index (χ0) is 24.4. The molecule has 0 aliphatic heterocycles. The highest BCUT2D eigenvalue weighted by atomic mass is 16.6. The lowest BCUT2D eigenvalue weighted by Crippen LogP contribution is -2.46. The molecule has 1 aromatic carbocycles. The van der Waals surface area contributed by atoms with Crippen molar-refractivity contribution in [1.29, 1.82) is 0 Å². The van der Waals surface area contributed by atoms with Crippen LogP contribution in [-0.2, 0) is 19.1 Å². The van der Waals surface area contributed by atoms with E-state index in [-0.39, 0.29) is 46.8 Å². The van der Waals surface area contributed by atoms with Gasteiger partial charge in [-0.05, 0) is 48.7 Å². The van der Waals surface area contributed by atoms with E-state index in [0.717, 1.165) is 18.4 Å². The minimum absolute atomic E-state index is 0.180. The number of fused-ring (bicyclic) bond motifs is 1. The van der Waals surface area contributed by atoms with E-state index in [4.69, 9.17) is 9.47 Å². The molecule has 2 aliphatic rings. The summed E-state index contributed by atoms with van der Waals surface area (Å²) in [4.78, 5) is 25.2. The predicted molar refractivity (Wildman–Crippen MR) is 129 cm³/mol. The molecule has 1 aromatic rings. The van der Waals surface area contributed by atoms with Crippen molar-refractivity contribution < 1.29 is 24.2 Å². The van der Waals surface area contributed by atoms with Gasteiger partial charge in [-0.2, -0.15) is 0 Å². The molecule has 2 saturated carbocycles. The van der Waals surface area contributed by atoms with Gasteiger partial charge >= 0.3 is 11.9 Å². The van der Waals surface area contributed by atoms with Crippen LogP contribution in [0.5, 0.6) is 0 Å². The van der Waals surface area contributed by atoms with Crippen molar-refractivity contribution in [2.75, 3.05) is 6.61 Å². The summed E-state index contributed by atoms with van der Waals surface area (Å²) >= 11 is 0. The molecule has 5 heteroatoms. The Labute approximate surface area is 198 Å². The highest BCUT2D eigenvalue weighted by molar-refractivity contribution is 5.87. The lowest BCUT2D eigenvalue weighted by Gasteiger charge is -2.44. The van der Waals surface area contributed by atoms with Gasteiger partial charge in [-0.15, -0.1) is 0 Å². The summed E-state index contributed by atoms with van der Waals surface area (Å²) in [7, 11) is 0. The third kappa shape index (κ3) is 5.18. The average Bonchev–Trinajstić information content (AvgIpc) is 3.14. The van der Waals surface area contributed by atoms with Crippen molar-refractivity contribution in [3.63, 3.8) is 0 Å². The molecule has 6 unspecified atom stereocenters. The largest absolute Gasteiger partial charge is 0.460 e. The summed E-state index contributed by atoms with van der Waals surface area (Å²) in [6, 6.07) is 9.72.